The quantitative estimate of drug-likeness (QED) is 0.392. The van der Waals surface area contributed by atoms with Crippen LogP contribution in [0, 0.1) is 5.82 Å². The average molecular weight is 389 g/mol. The first kappa shape index (κ1) is 19.8. The smallest absolute Gasteiger partial charge is 0.272 e. The molecule has 0 saturated carbocycles. The van der Waals surface area contributed by atoms with Gasteiger partial charge in [0.1, 0.15) is 17.8 Å². The van der Waals surface area contributed by atoms with E-state index < -0.39 is 11.7 Å². The number of morpholine rings is 1. The summed E-state index contributed by atoms with van der Waals surface area (Å²) in [6, 6.07) is 5.69. The van der Waals surface area contributed by atoms with E-state index >= 15 is 0 Å². The summed E-state index contributed by atoms with van der Waals surface area (Å²) in [6.45, 7) is 5.11. The Morgan fingerprint density at radius 1 is 1.21 bits per heavy atom. The van der Waals surface area contributed by atoms with Gasteiger partial charge in [0.15, 0.2) is 11.6 Å². The van der Waals surface area contributed by atoms with Crippen molar-refractivity contribution in [2.75, 3.05) is 55.9 Å². The molecule has 3 rings (SSSR count). The summed E-state index contributed by atoms with van der Waals surface area (Å²) in [5, 5.41) is 3.17. The molecule has 28 heavy (non-hydrogen) atoms. The van der Waals surface area contributed by atoms with Gasteiger partial charge in [0.2, 0.25) is 0 Å². The zero-order valence-corrected chi connectivity index (χ0v) is 15.4. The summed E-state index contributed by atoms with van der Waals surface area (Å²) in [4.78, 5) is 22.6. The minimum Gasteiger partial charge on any atom is -0.393 e. The Morgan fingerprint density at radius 2 is 1.96 bits per heavy atom. The number of hydrazine groups is 1. The minimum absolute atomic E-state index is 0.0795. The number of hydrogen-bond donors (Lipinski definition) is 4. The number of benzene rings is 1. The standard InChI is InChI=1S/C18H24FN7O2/c19-14-5-2-1-4-13(14)18(27)25-24-17-15(20)16(22-12-23-17)21-6-3-7-26-8-10-28-11-9-26/h1-2,4-5,12H,3,6-11,20H2,(H,25,27)(H2,21,22,23,24). The number of ether oxygens (including phenoxy) is 1. The van der Waals surface area contributed by atoms with Crippen molar-refractivity contribution in [2.24, 2.45) is 0 Å². The summed E-state index contributed by atoms with van der Waals surface area (Å²) >= 11 is 0. The number of carbonyl (C=O) groups is 1. The molecule has 1 saturated heterocycles. The molecule has 1 aliphatic heterocycles. The molecule has 1 aliphatic rings. The molecule has 2 aromatic rings. The van der Waals surface area contributed by atoms with Crippen LogP contribution in [0.5, 0.6) is 0 Å². The second-order valence-electron chi connectivity index (χ2n) is 6.28. The van der Waals surface area contributed by atoms with Crippen molar-refractivity contribution in [1.82, 2.24) is 20.3 Å². The van der Waals surface area contributed by atoms with E-state index in [0.29, 0.717) is 12.4 Å². The molecule has 0 aliphatic carbocycles. The van der Waals surface area contributed by atoms with Gasteiger partial charge in [0.25, 0.3) is 5.91 Å². The number of nitrogen functional groups attached to an aromatic ring is 1. The molecular weight excluding hydrogens is 365 g/mol. The van der Waals surface area contributed by atoms with Crippen LogP contribution in [0.4, 0.5) is 21.7 Å². The van der Waals surface area contributed by atoms with Crippen LogP contribution in [0.1, 0.15) is 16.8 Å². The lowest BCUT2D eigenvalue weighted by atomic mass is 10.2. The topological polar surface area (TPSA) is 117 Å². The predicted molar refractivity (Wildman–Crippen MR) is 104 cm³/mol. The van der Waals surface area contributed by atoms with Crippen LogP contribution < -0.4 is 21.9 Å². The van der Waals surface area contributed by atoms with Gasteiger partial charge in [-0.05, 0) is 25.1 Å². The van der Waals surface area contributed by atoms with E-state index in [2.05, 4.69) is 31.0 Å². The zero-order chi connectivity index (χ0) is 19.8. The van der Waals surface area contributed by atoms with Crippen molar-refractivity contribution < 1.29 is 13.9 Å². The summed E-state index contributed by atoms with van der Waals surface area (Å²) in [6.07, 6.45) is 2.26. The summed E-state index contributed by atoms with van der Waals surface area (Å²) in [7, 11) is 0. The van der Waals surface area contributed by atoms with Crippen molar-refractivity contribution >= 4 is 23.2 Å². The molecule has 1 aromatic carbocycles. The highest BCUT2D eigenvalue weighted by molar-refractivity contribution is 5.95. The van der Waals surface area contributed by atoms with E-state index in [1.807, 2.05) is 0 Å². The van der Waals surface area contributed by atoms with Gasteiger partial charge in [-0.1, -0.05) is 12.1 Å². The third kappa shape index (κ3) is 5.27. The Kier molecular flexibility index (Phi) is 6.93. The molecule has 2 heterocycles. The first-order valence-corrected chi connectivity index (χ1v) is 9.10. The Morgan fingerprint density at radius 3 is 2.75 bits per heavy atom. The number of nitrogens with two attached hydrogens (primary N) is 1. The summed E-state index contributed by atoms with van der Waals surface area (Å²) in [5.41, 5.74) is 11.3. The lowest BCUT2D eigenvalue weighted by Crippen LogP contribution is -2.37. The van der Waals surface area contributed by atoms with E-state index in [-0.39, 0.29) is 17.1 Å². The number of nitrogens with zero attached hydrogens (tertiary/aromatic N) is 3. The molecule has 0 bridgehead atoms. The Balaban J connectivity index is 1.49. The lowest BCUT2D eigenvalue weighted by molar-refractivity contribution is 0.0378. The molecule has 1 aromatic heterocycles. The van der Waals surface area contributed by atoms with Crippen LogP contribution in [-0.2, 0) is 4.74 Å². The van der Waals surface area contributed by atoms with Gasteiger partial charge in [0.05, 0.1) is 18.8 Å². The van der Waals surface area contributed by atoms with Gasteiger partial charge >= 0.3 is 0 Å². The maximum Gasteiger partial charge on any atom is 0.272 e. The summed E-state index contributed by atoms with van der Waals surface area (Å²) < 4.78 is 19.0. The number of amides is 1. The molecule has 9 nitrogen and oxygen atoms in total. The second-order valence-corrected chi connectivity index (χ2v) is 6.28. The van der Waals surface area contributed by atoms with Crippen molar-refractivity contribution in [1.29, 1.82) is 0 Å². The van der Waals surface area contributed by atoms with Crippen LogP contribution in [-0.4, -0.2) is 60.2 Å². The van der Waals surface area contributed by atoms with Crippen LogP contribution in [0.25, 0.3) is 0 Å². The van der Waals surface area contributed by atoms with E-state index in [1.54, 1.807) is 6.07 Å². The molecule has 0 radical (unpaired) electrons. The monoisotopic (exact) mass is 389 g/mol. The number of hydrogen-bond acceptors (Lipinski definition) is 8. The number of rotatable bonds is 8. The van der Waals surface area contributed by atoms with Crippen LogP contribution in [0.3, 0.4) is 0 Å². The molecule has 150 valence electrons. The van der Waals surface area contributed by atoms with Crippen molar-refractivity contribution in [2.45, 2.75) is 6.42 Å². The molecule has 1 amide bonds. The fourth-order valence-electron chi connectivity index (χ4n) is 2.80. The molecule has 0 unspecified atom stereocenters. The van der Waals surface area contributed by atoms with E-state index in [4.69, 9.17) is 10.5 Å². The first-order valence-electron chi connectivity index (χ1n) is 9.10. The first-order chi connectivity index (χ1) is 13.6. The fourth-order valence-corrected chi connectivity index (χ4v) is 2.80. The van der Waals surface area contributed by atoms with Crippen LogP contribution >= 0.6 is 0 Å². The lowest BCUT2D eigenvalue weighted by Gasteiger charge is -2.26. The molecule has 1 fully saturated rings. The molecule has 0 spiro atoms. The zero-order valence-electron chi connectivity index (χ0n) is 15.4. The van der Waals surface area contributed by atoms with Crippen molar-refractivity contribution in [3.8, 4) is 0 Å². The maximum atomic E-state index is 13.7. The Hall–Kier alpha value is -2.98. The molecule has 5 N–H and O–H groups in total. The molecule has 0 atom stereocenters. The highest BCUT2D eigenvalue weighted by Crippen LogP contribution is 2.21. The van der Waals surface area contributed by atoms with Gasteiger partial charge in [-0.2, -0.15) is 0 Å². The maximum absolute atomic E-state index is 13.7. The third-order valence-electron chi connectivity index (χ3n) is 4.34. The van der Waals surface area contributed by atoms with Gasteiger partial charge in [-0.3, -0.25) is 20.5 Å². The van der Waals surface area contributed by atoms with Crippen molar-refractivity contribution in [3.63, 3.8) is 0 Å². The highest BCUT2D eigenvalue weighted by atomic mass is 19.1. The molecular formula is C18H24FN7O2. The van der Waals surface area contributed by atoms with Gasteiger partial charge in [0, 0.05) is 19.6 Å². The minimum atomic E-state index is -0.629. The Bertz CT molecular complexity index is 799. The highest BCUT2D eigenvalue weighted by Gasteiger charge is 2.13. The van der Waals surface area contributed by atoms with E-state index in [1.165, 1.54) is 24.5 Å². The summed E-state index contributed by atoms with van der Waals surface area (Å²) in [5.74, 6) is -0.536. The van der Waals surface area contributed by atoms with Crippen LogP contribution in [0.2, 0.25) is 0 Å². The van der Waals surface area contributed by atoms with Gasteiger partial charge in [-0.15, -0.1) is 0 Å². The number of halogens is 1. The van der Waals surface area contributed by atoms with Gasteiger partial charge in [-0.25, -0.2) is 14.4 Å². The number of anilines is 3. The average Bonchev–Trinajstić information content (AvgIpc) is 2.72. The van der Waals surface area contributed by atoms with Crippen LogP contribution in [0.15, 0.2) is 30.6 Å². The van der Waals surface area contributed by atoms with E-state index in [0.717, 1.165) is 39.3 Å². The fraction of sp³-hybridized carbons (Fsp3) is 0.389. The third-order valence-corrected chi connectivity index (χ3v) is 4.34. The second kappa shape index (κ2) is 9.81. The normalized spacial score (nSPS) is 14.5. The number of carbonyl (C=O) groups excluding carboxylic acids is 1. The van der Waals surface area contributed by atoms with Gasteiger partial charge < -0.3 is 15.8 Å². The number of nitrogens with one attached hydrogen (secondary N) is 3. The SMILES string of the molecule is Nc1c(NCCCN2CCOCC2)ncnc1NNC(=O)c1ccccc1F. The van der Waals surface area contributed by atoms with E-state index in [9.17, 15) is 9.18 Å². The number of aromatic nitrogens is 2. The molecule has 10 heteroatoms. The Labute approximate surface area is 162 Å². The largest absolute Gasteiger partial charge is 0.393 e. The predicted octanol–water partition coefficient (Wildman–Crippen LogP) is 1.09. The van der Waals surface area contributed by atoms with Crippen molar-refractivity contribution in [3.05, 3.63) is 42.0 Å².